The van der Waals surface area contributed by atoms with Crippen LogP contribution in [0.25, 0.3) is 0 Å². The third-order valence-electron chi connectivity index (χ3n) is 1.62. The quantitative estimate of drug-likeness (QED) is 0.369. The summed E-state index contributed by atoms with van der Waals surface area (Å²) in [5.74, 6) is 0. The molecule has 0 radical (unpaired) electrons. The number of allylic oxidation sites excluding steroid dienone is 1. The van der Waals surface area contributed by atoms with Crippen LogP contribution >= 0.6 is 12.1 Å². The normalized spacial score (nSPS) is 26.2. The summed E-state index contributed by atoms with van der Waals surface area (Å²) in [4.78, 5) is 9.93. The summed E-state index contributed by atoms with van der Waals surface area (Å²) < 4.78 is 6.96. The Hall–Kier alpha value is -1.14. The molecule has 0 saturated carbocycles. The molecule has 0 bridgehead atoms. The van der Waals surface area contributed by atoms with E-state index in [2.05, 4.69) is 9.12 Å². The average molecular weight is 183 g/mol. The number of rotatable bonds is 1. The lowest BCUT2D eigenvalue weighted by Gasteiger charge is -2.06. The van der Waals surface area contributed by atoms with Crippen molar-refractivity contribution >= 4 is 17.8 Å². The lowest BCUT2D eigenvalue weighted by molar-refractivity contribution is -0.418. The lowest BCUT2D eigenvalue weighted by Crippen LogP contribution is -2.26. The van der Waals surface area contributed by atoms with Crippen LogP contribution in [-0.2, 0) is 0 Å². The zero-order chi connectivity index (χ0) is 8.55. The van der Waals surface area contributed by atoms with E-state index in [0.717, 1.165) is 0 Å². The molecule has 12 heavy (non-hydrogen) atoms. The Bertz CT molecular complexity index is 321. The van der Waals surface area contributed by atoms with Crippen molar-refractivity contribution in [3.8, 4) is 0 Å². The van der Waals surface area contributed by atoms with E-state index >= 15 is 0 Å². The van der Waals surface area contributed by atoms with Gasteiger partial charge in [0, 0.05) is 12.2 Å². The van der Waals surface area contributed by atoms with Crippen LogP contribution in [0.2, 0.25) is 0 Å². The Morgan fingerprint density at radius 2 is 2.58 bits per heavy atom. The second kappa shape index (κ2) is 2.72. The van der Waals surface area contributed by atoms with Crippen LogP contribution in [0.1, 0.15) is 0 Å². The highest BCUT2D eigenvalue weighted by Gasteiger charge is 2.24. The molecule has 0 spiro atoms. The van der Waals surface area contributed by atoms with Gasteiger partial charge in [0.15, 0.2) is 0 Å². The van der Waals surface area contributed by atoms with Crippen molar-refractivity contribution in [1.29, 1.82) is 0 Å². The van der Waals surface area contributed by atoms with E-state index in [4.69, 9.17) is 0 Å². The Morgan fingerprint density at radius 3 is 3.33 bits per heavy atom. The molecular formula is C6H5N3O2S. The molecule has 1 N–H and O–H groups in total. The van der Waals surface area contributed by atoms with E-state index in [9.17, 15) is 10.1 Å². The number of hydrogen-bond donors (Lipinski definition) is 1. The van der Waals surface area contributed by atoms with Gasteiger partial charge in [-0.25, -0.2) is 9.12 Å². The topological polar surface area (TPSA) is 67.5 Å². The van der Waals surface area contributed by atoms with Crippen molar-refractivity contribution in [2.75, 3.05) is 0 Å². The summed E-state index contributed by atoms with van der Waals surface area (Å²) in [6.45, 7) is 0. The van der Waals surface area contributed by atoms with E-state index in [0.29, 0.717) is 5.71 Å². The first-order chi connectivity index (χ1) is 5.77. The van der Waals surface area contributed by atoms with Crippen molar-refractivity contribution < 1.29 is 4.92 Å². The predicted molar refractivity (Wildman–Crippen MR) is 46.2 cm³/mol. The molecule has 1 aliphatic heterocycles. The number of fused-ring (bicyclic) bond motifs is 1. The van der Waals surface area contributed by atoms with E-state index in [1.807, 2.05) is 0 Å². The number of nitro groups is 1. The highest BCUT2D eigenvalue weighted by atomic mass is 32.2. The summed E-state index contributed by atoms with van der Waals surface area (Å²) in [6, 6.07) is 0.0405. The van der Waals surface area contributed by atoms with Crippen molar-refractivity contribution in [2.45, 2.75) is 6.04 Å². The molecule has 1 aliphatic carbocycles. The molecule has 0 aromatic heterocycles. The van der Waals surface area contributed by atoms with Crippen molar-refractivity contribution in [3.05, 3.63) is 34.0 Å². The Labute approximate surface area is 72.7 Å². The third-order valence-corrected chi connectivity index (χ3v) is 2.28. The maximum absolute atomic E-state index is 10.3. The van der Waals surface area contributed by atoms with E-state index in [1.165, 1.54) is 24.3 Å². The van der Waals surface area contributed by atoms with Crippen molar-refractivity contribution in [2.24, 2.45) is 4.40 Å². The summed E-state index contributed by atoms with van der Waals surface area (Å²) in [6.07, 6.45) is 4.71. The molecule has 6 heteroatoms. The minimum Gasteiger partial charge on any atom is -0.258 e. The van der Waals surface area contributed by atoms with Crippen molar-refractivity contribution in [1.82, 2.24) is 4.72 Å². The second-order valence-corrected chi connectivity index (χ2v) is 2.99. The minimum absolute atomic E-state index is 0.0405. The fraction of sp³-hybridized carbons (Fsp3) is 0.167. The van der Waals surface area contributed by atoms with Crippen molar-refractivity contribution in [3.63, 3.8) is 0 Å². The van der Waals surface area contributed by atoms with Gasteiger partial charge in [-0.2, -0.15) is 0 Å². The van der Waals surface area contributed by atoms with Gasteiger partial charge in [-0.05, 0) is 0 Å². The first-order valence-electron chi connectivity index (χ1n) is 3.31. The molecule has 1 atom stereocenters. The van der Waals surface area contributed by atoms with Gasteiger partial charge in [0.1, 0.15) is 0 Å². The maximum Gasteiger partial charge on any atom is 0.271 e. The molecule has 62 valence electrons. The molecule has 2 rings (SSSR count). The maximum atomic E-state index is 10.3. The second-order valence-electron chi connectivity index (χ2n) is 2.39. The molecule has 0 fully saturated rings. The average Bonchev–Trinajstić information content (AvgIpc) is 2.49. The Kier molecular flexibility index (Phi) is 1.70. The fourth-order valence-corrected chi connectivity index (χ4v) is 1.65. The molecule has 1 unspecified atom stereocenters. The molecule has 0 aromatic carbocycles. The Morgan fingerprint density at radius 1 is 1.75 bits per heavy atom. The standard InChI is InChI=1S/C6H5N3O2S/c10-9(11)4-1-2-5-6(3-4)8-12-7-5/h1-3,5,7H. The van der Waals surface area contributed by atoms with Crippen LogP contribution < -0.4 is 4.72 Å². The summed E-state index contributed by atoms with van der Waals surface area (Å²) in [7, 11) is 0. The van der Waals surface area contributed by atoms with E-state index in [1.54, 1.807) is 6.08 Å². The largest absolute Gasteiger partial charge is 0.271 e. The molecule has 0 aromatic rings. The van der Waals surface area contributed by atoms with Crippen LogP contribution in [0, 0.1) is 10.1 Å². The van der Waals surface area contributed by atoms with Gasteiger partial charge in [0.25, 0.3) is 5.70 Å². The van der Waals surface area contributed by atoms with Gasteiger partial charge in [-0.1, -0.05) is 6.08 Å². The molecule has 5 nitrogen and oxygen atoms in total. The molecule has 0 amide bonds. The van der Waals surface area contributed by atoms with Gasteiger partial charge < -0.3 is 0 Å². The van der Waals surface area contributed by atoms with E-state index in [-0.39, 0.29) is 11.7 Å². The van der Waals surface area contributed by atoms with Crippen LogP contribution in [0.4, 0.5) is 0 Å². The monoisotopic (exact) mass is 183 g/mol. The van der Waals surface area contributed by atoms with Gasteiger partial charge in [-0.15, -0.1) is 0 Å². The first-order valence-corrected chi connectivity index (χ1v) is 4.08. The summed E-state index contributed by atoms with van der Waals surface area (Å²) in [5.41, 5.74) is 0.809. The molecule has 2 aliphatic rings. The molecule has 1 heterocycles. The highest BCUT2D eigenvalue weighted by molar-refractivity contribution is 7.96. The van der Waals surface area contributed by atoms with Gasteiger partial charge in [-0.3, -0.25) is 10.1 Å². The number of nitrogens with one attached hydrogen (secondary N) is 1. The summed E-state index contributed by atoms with van der Waals surface area (Å²) >= 11 is 1.21. The van der Waals surface area contributed by atoms with E-state index < -0.39 is 4.92 Å². The van der Waals surface area contributed by atoms with Gasteiger partial charge >= 0.3 is 0 Å². The van der Waals surface area contributed by atoms with Crippen LogP contribution in [0.3, 0.4) is 0 Å². The molecular weight excluding hydrogens is 178 g/mol. The third kappa shape index (κ3) is 1.15. The van der Waals surface area contributed by atoms with Crippen LogP contribution in [0.5, 0.6) is 0 Å². The van der Waals surface area contributed by atoms with Gasteiger partial charge in [0.05, 0.1) is 28.8 Å². The number of nitrogens with zero attached hydrogens (tertiary/aromatic N) is 2. The predicted octanol–water partition coefficient (Wildman–Crippen LogP) is 0.693. The summed E-state index contributed by atoms with van der Waals surface area (Å²) in [5, 5.41) is 10.3. The highest BCUT2D eigenvalue weighted by Crippen LogP contribution is 2.18. The zero-order valence-electron chi connectivity index (χ0n) is 5.93. The van der Waals surface area contributed by atoms with Gasteiger partial charge in [0.2, 0.25) is 0 Å². The lowest BCUT2D eigenvalue weighted by atomic mass is 10.1. The SMILES string of the molecule is O=[N+]([O-])C1=CC2=NSNC2C=C1. The number of hydrogen-bond acceptors (Lipinski definition) is 5. The van der Waals surface area contributed by atoms with Crippen LogP contribution in [-0.4, -0.2) is 16.7 Å². The smallest absolute Gasteiger partial charge is 0.258 e. The zero-order valence-corrected chi connectivity index (χ0v) is 6.75. The first kappa shape index (κ1) is 7.51. The fourth-order valence-electron chi connectivity index (χ4n) is 1.02. The Balaban J connectivity index is 2.31. The minimum atomic E-state index is -0.418. The molecule has 0 saturated heterocycles. The van der Waals surface area contributed by atoms with Crippen LogP contribution in [0.15, 0.2) is 28.3 Å².